The van der Waals surface area contributed by atoms with Gasteiger partial charge in [-0.2, -0.15) is 0 Å². The van der Waals surface area contributed by atoms with Crippen molar-refractivity contribution in [3.63, 3.8) is 0 Å². The SMILES string of the molecule is Cc1ccc(F)c(CN2CCOCC2CNS(C)(=O)=O)c1F. The summed E-state index contributed by atoms with van der Waals surface area (Å²) in [6.45, 7) is 3.07. The van der Waals surface area contributed by atoms with Crippen molar-refractivity contribution in [2.24, 2.45) is 0 Å². The molecule has 0 spiro atoms. The standard InChI is InChI=1S/C14H20F2N2O3S/c1-10-3-4-13(15)12(14(10)16)8-18-5-6-21-9-11(18)7-17-22(2,19)20/h3-4,11,17H,5-9H2,1-2H3. The Morgan fingerprint density at radius 3 is 2.82 bits per heavy atom. The van der Waals surface area contributed by atoms with E-state index in [4.69, 9.17) is 4.74 Å². The van der Waals surface area contributed by atoms with Crippen molar-refractivity contribution < 1.29 is 21.9 Å². The van der Waals surface area contributed by atoms with Crippen LogP contribution in [0.2, 0.25) is 0 Å². The maximum Gasteiger partial charge on any atom is 0.208 e. The van der Waals surface area contributed by atoms with E-state index in [9.17, 15) is 17.2 Å². The van der Waals surface area contributed by atoms with E-state index in [1.807, 2.05) is 4.90 Å². The third-order valence-electron chi connectivity index (χ3n) is 3.67. The molecule has 0 bridgehead atoms. The van der Waals surface area contributed by atoms with Crippen molar-refractivity contribution in [1.82, 2.24) is 9.62 Å². The van der Waals surface area contributed by atoms with Crippen LogP contribution in [0.5, 0.6) is 0 Å². The third-order valence-corrected chi connectivity index (χ3v) is 4.36. The minimum absolute atomic E-state index is 0.00579. The van der Waals surface area contributed by atoms with Gasteiger partial charge >= 0.3 is 0 Å². The summed E-state index contributed by atoms with van der Waals surface area (Å²) < 4.78 is 58.1. The Labute approximate surface area is 129 Å². The van der Waals surface area contributed by atoms with Crippen LogP contribution >= 0.6 is 0 Å². The molecule has 0 aromatic heterocycles. The molecule has 1 heterocycles. The molecule has 1 aliphatic heterocycles. The number of morpholine rings is 1. The van der Waals surface area contributed by atoms with E-state index < -0.39 is 21.7 Å². The van der Waals surface area contributed by atoms with Crippen molar-refractivity contribution in [2.75, 3.05) is 32.6 Å². The van der Waals surface area contributed by atoms with Crippen molar-refractivity contribution in [1.29, 1.82) is 0 Å². The largest absolute Gasteiger partial charge is 0.378 e. The molecule has 1 aromatic carbocycles. The summed E-state index contributed by atoms with van der Waals surface area (Å²) in [6.07, 6.45) is 1.07. The molecule has 1 atom stereocenters. The molecule has 124 valence electrons. The zero-order valence-corrected chi connectivity index (χ0v) is 13.4. The Kier molecular flexibility index (Phi) is 5.49. The van der Waals surface area contributed by atoms with Crippen molar-refractivity contribution >= 4 is 10.0 Å². The molecule has 0 aliphatic carbocycles. The molecule has 8 heteroatoms. The molecule has 0 saturated carbocycles. The van der Waals surface area contributed by atoms with Crippen LogP contribution < -0.4 is 4.72 Å². The number of aryl methyl sites for hydroxylation is 1. The Hall–Kier alpha value is -1.09. The maximum absolute atomic E-state index is 14.1. The monoisotopic (exact) mass is 334 g/mol. The predicted octanol–water partition coefficient (Wildman–Crippen LogP) is 1.02. The second-order valence-electron chi connectivity index (χ2n) is 5.48. The number of nitrogens with one attached hydrogen (secondary N) is 1. The lowest BCUT2D eigenvalue weighted by Crippen LogP contribution is -2.50. The van der Waals surface area contributed by atoms with Gasteiger partial charge in [-0.25, -0.2) is 21.9 Å². The summed E-state index contributed by atoms with van der Waals surface area (Å²) in [5.41, 5.74) is 0.390. The van der Waals surface area contributed by atoms with E-state index in [1.165, 1.54) is 12.1 Å². The van der Waals surface area contributed by atoms with Gasteiger partial charge in [-0.05, 0) is 18.6 Å². The van der Waals surface area contributed by atoms with Crippen LogP contribution in [0.3, 0.4) is 0 Å². The summed E-state index contributed by atoms with van der Waals surface area (Å²) in [6, 6.07) is 2.39. The zero-order chi connectivity index (χ0) is 16.3. The lowest BCUT2D eigenvalue weighted by Gasteiger charge is -2.35. The third kappa shape index (κ3) is 4.45. The highest BCUT2D eigenvalue weighted by molar-refractivity contribution is 7.88. The summed E-state index contributed by atoms with van der Waals surface area (Å²) in [5, 5.41) is 0. The van der Waals surface area contributed by atoms with E-state index in [2.05, 4.69) is 4.72 Å². The highest BCUT2D eigenvalue weighted by Gasteiger charge is 2.26. The smallest absolute Gasteiger partial charge is 0.208 e. The first-order valence-corrected chi connectivity index (χ1v) is 8.87. The van der Waals surface area contributed by atoms with Gasteiger partial charge in [0.25, 0.3) is 0 Å². The molecule has 0 amide bonds. The quantitative estimate of drug-likeness (QED) is 0.874. The highest BCUT2D eigenvalue weighted by Crippen LogP contribution is 2.20. The average molecular weight is 334 g/mol. The van der Waals surface area contributed by atoms with Crippen molar-refractivity contribution in [3.8, 4) is 0 Å². The molecule has 0 radical (unpaired) electrons. The van der Waals surface area contributed by atoms with Crippen LogP contribution in [0.25, 0.3) is 0 Å². The molecule has 1 fully saturated rings. The van der Waals surface area contributed by atoms with Crippen molar-refractivity contribution in [2.45, 2.75) is 19.5 Å². The van der Waals surface area contributed by atoms with Gasteiger partial charge in [0.05, 0.1) is 19.5 Å². The van der Waals surface area contributed by atoms with E-state index in [0.717, 1.165) is 6.26 Å². The summed E-state index contributed by atoms with van der Waals surface area (Å²) in [5.74, 6) is -1.15. The topological polar surface area (TPSA) is 58.6 Å². The van der Waals surface area contributed by atoms with Crippen molar-refractivity contribution in [3.05, 3.63) is 34.9 Å². The van der Waals surface area contributed by atoms with E-state index in [1.54, 1.807) is 6.92 Å². The molecule has 1 N–H and O–H groups in total. The van der Waals surface area contributed by atoms with Gasteiger partial charge in [0.2, 0.25) is 10.0 Å². The molecule has 1 saturated heterocycles. The molecule has 1 unspecified atom stereocenters. The predicted molar refractivity (Wildman–Crippen MR) is 79.0 cm³/mol. The fraction of sp³-hybridized carbons (Fsp3) is 0.571. The fourth-order valence-corrected chi connectivity index (χ4v) is 2.89. The van der Waals surface area contributed by atoms with Gasteiger partial charge in [-0.3, -0.25) is 4.90 Å². The Balaban J connectivity index is 2.13. The van der Waals surface area contributed by atoms with E-state index >= 15 is 0 Å². The number of halogens is 2. The lowest BCUT2D eigenvalue weighted by molar-refractivity contribution is -0.0100. The van der Waals surface area contributed by atoms with E-state index in [0.29, 0.717) is 25.3 Å². The van der Waals surface area contributed by atoms with Gasteiger partial charge < -0.3 is 4.74 Å². The molecule has 22 heavy (non-hydrogen) atoms. The van der Waals surface area contributed by atoms with E-state index in [-0.39, 0.29) is 24.7 Å². The maximum atomic E-state index is 14.1. The van der Waals surface area contributed by atoms with Gasteiger partial charge in [0.15, 0.2) is 0 Å². The van der Waals surface area contributed by atoms with Crippen LogP contribution in [-0.2, 0) is 21.3 Å². The van der Waals surface area contributed by atoms with Gasteiger partial charge in [0.1, 0.15) is 11.6 Å². The number of benzene rings is 1. The first kappa shape index (κ1) is 17.3. The molecule has 5 nitrogen and oxygen atoms in total. The van der Waals surface area contributed by atoms with Crippen LogP contribution in [0.15, 0.2) is 12.1 Å². The molecular weight excluding hydrogens is 314 g/mol. The summed E-state index contributed by atoms with van der Waals surface area (Å²) in [4.78, 5) is 1.84. The number of hydrogen-bond acceptors (Lipinski definition) is 4. The Morgan fingerprint density at radius 1 is 1.41 bits per heavy atom. The van der Waals surface area contributed by atoms with Gasteiger partial charge in [0, 0.05) is 31.2 Å². The van der Waals surface area contributed by atoms with Crippen LogP contribution in [0, 0.1) is 18.6 Å². The average Bonchev–Trinajstić information content (AvgIpc) is 2.46. The Morgan fingerprint density at radius 2 is 2.14 bits per heavy atom. The minimum Gasteiger partial charge on any atom is -0.378 e. The van der Waals surface area contributed by atoms with Crippen LogP contribution in [-0.4, -0.2) is 51.9 Å². The number of hydrogen-bond donors (Lipinski definition) is 1. The number of sulfonamides is 1. The highest BCUT2D eigenvalue weighted by atomic mass is 32.2. The first-order chi connectivity index (χ1) is 10.3. The zero-order valence-electron chi connectivity index (χ0n) is 12.6. The van der Waals surface area contributed by atoms with Crippen LogP contribution in [0.4, 0.5) is 8.78 Å². The first-order valence-electron chi connectivity index (χ1n) is 6.98. The lowest BCUT2D eigenvalue weighted by atomic mass is 10.1. The molecular formula is C14H20F2N2O3S. The fourth-order valence-electron chi connectivity index (χ4n) is 2.40. The number of rotatable bonds is 5. The van der Waals surface area contributed by atoms with Gasteiger partial charge in [-0.15, -0.1) is 0 Å². The van der Waals surface area contributed by atoms with Crippen LogP contribution in [0.1, 0.15) is 11.1 Å². The molecule has 1 aromatic rings. The number of ether oxygens (including phenoxy) is 1. The Bertz CT molecular complexity index is 637. The summed E-state index contributed by atoms with van der Waals surface area (Å²) >= 11 is 0. The molecule has 2 rings (SSSR count). The second kappa shape index (κ2) is 6.99. The van der Waals surface area contributed by atoms with Gasteiger partial charge in [-0.1, -0.05) is 6.07 Å². The minimum atomic E-state index is -3.32. The molecule has 1 aliphatic rings. The normalized spacial score (nSPS) is 20.3. The second-order valence-corrected chi connectivity index (χ2v) is 7.31. The number of nitrogens with zero attached hydrogens (tertiary/aromatic N) is 1. The summed E-state index contributed by atoms with van der Waals surface area (Å²) in [7, 11) is -3.32.